The van der Waals surface area contributed by atoms with Gasteiger partial charge in [0.1, 0.15) is 5.75 Å². The Bertz CT molecular complexity index is 517. The van der Waals surface area contributed by atoms with Gasteiger partial charge in [-0.3, -0.25) is 0 Å². The molecule has 1 aromatic carbocycles. The molecule has 1 heterocycles. The van der Waals surface area contributed by atoms with Crippen molar-refractivity contribution in [3.05, 3.63) is 24.3 Å². The molecule has 0 aliphatic carbocycles. The first-order valence-electron chi connectivity index (χ1n) is 9.64. The Morgan fingerprint density at radius 2 is 1.63 bits per heavy atom. The minimum atomic E-state index is -4.69. The van der Waals surface area contributed by atoms with E-state index < -0.39 is 13.5 Å². The summed E-state index contributed by atoms with van der Waals surface area (Å²) in [7, 11) is -0.570. The Hall–Kier alpha value is -1.25. The number of benzene rings is 1. The van der Waals surface area contributed by atoms with E-state index in [0.717, 1.165) is 13.0 Å². The van der Waals surface area contributed by atoms with Crippen molar-refractivity contribution in [2.24, 2.45) is 5.92 Å². The Balaban J connectivity index is 1.60. The second kappa shape index (κ2) is 11.6. The number of rotatable bonds is 11. The number of hydrogen-bond donors (Lipinski definition) is 0. The molecule has 4 nitrogen and oxygen atoms in total. The molecule has 0 saturated carbocycles. The molecule has 0 amide bonds. The van der Waals surface area contributed by atoms with Crippen LogP contribution in [-0.2, 0) is 14.0 Å². The molecule has 152 valence electrons. The van der Waals surface area contributed by atoms with Gasteiger partial charge in [0.15, 0.2) is 0 Å². The summed E-state index contributed by atoms with van der Waals surface area (Å²) in [6, 6.07) is 5.54. The lowest BCUT2D eigenvalue weighted by molar-refractivity contribution is -0.274. The molecule has 1 aromatic rings. The molecule has 2 rings (SSSR count). The van der Waals surface area contributed by atoms with Crippen molar-refractivity contribution in [3.63, 3.8) is 0 Å². The predicted octanol–water partition coefficient (Wildman–Crippen LogP) is 4.32. The van der Waals surface area contributed by atoms with Crippen LogP contribution >= 0.6 is 0 Å². The van der Waals surface area contributed by atoms with E-state index in [2.05, 4.69) is 11.7 Å². The molecular formula is C19H28BF3O4. The lowest BCUT2D eigenvalue weighted by Gasteiger charge is -2.27. The van der Waals surface area contributed by atoms with Crippen molar-refractivity contribution < 1.29 is 32.0 Å². The average molecular weight is 388 g/mol. The van der Waals surface area contributed by atoms with Gasteiger partial charge in [0.25, 0.3) is 0 Å². The number of halogens is 3. The second-order valence-corrected chi connectivity index (χ2v) is 6.82. The van der Waals surface area contributed by atoms with Gasteiger partial charge >= 0.3 is 13.5 Å². The number of ether oxygens (including phenoxy) is 2. The van der Waals surface area contributed by atoms with E-state index in [-0.39, 0.29) is 11.7 Å². The Kier molecular flexibility index (Phi) is 9.44. The lowest BCUT2D eigenvalue weighted by atomic mass is 9.77. The van der Waals surface area contributed by atoms with Gasteiger partial charge in [0, 0.05) is 25.7 Å². The molecule has 1 fully saturated rings. The standard InChI is InChI=1S/C19H28BF3O4/c1-2-3-4-5-6-7-12-24-13-16-14-25-20(26-15-16)17-8-10-18(11-9-17)27-19(21,22)23/h8-11,16H,2-7,12-15H2,1H3. The van der Waals surface area contributed by atoms with Crippen LogP contribution in [0.3, 0.4) is 0 Å². The van der Waals surface area contributed by atoms with Crippen molar-refractivity contribution in [1.29, 1.82) is 0 Å². The maximum Gasteiger partial charge on any atom is 0.573 e. The SMILES string of the molecule is CCCCCCCCOCC1COB(c2ccc(OC(F)(F)F)cc2)OC1. The van der Waals surface area contributed by atoms with Crippen LogP contribution in [0.25, 0.3) is 0 Å². The molecule has 0 spiro atoms. The highest BCUT2D eigenvalue weighted by Gasteiger charge is 2.32. The Labute approximate surface area is 159 Å². The molecule has 0 aromatic heterocycles. The summed E-state index contributed by atoms with van der Waals surface area (Å²) in [5.74, 6) is -0.0859. The van der Waals surface area contributed by atoms with E-state index in [1.165, 1.54) is 56.4 Å². The quantitative estimate of drug-likeness (QED) is 0.418. The summed E-state index contributed by atoms with van der Waals surface area (Å²) in [5, 5.41) is 0. The minimum absolute atomic E-state index is 0.175. The van der Waals surface area contributed by atoms with Crippen LogP contribution in [0.1, 0.15) is 45.4 Å². The van der Waals surface area contributed by atoms with E-state index in [1.807, 2.05) is 0 Å². The molecular weight excluding hydrogens is 360 g/mol. The van der Waals surface area contributed by atoms with E-state index in [4.69, 9.17) is 14.0 Å². The molecule has 0 atom stereocenters. The first-order valence-corrected chi connectivity index (χ1v) is 9.64. The van der Waals surface area contributed by atoms with E-state index in [9.17, 15) is 13.2 Å². The molecule has 0 N–H and O–H groups in total. The normalized spacial score (nSPS) is 15.9. The summed E-state index contributed by atoms with van der Waals surface area (Å²) in [4.78, 5) is 0. The van der Waals surface area contributed by atoms with Gasteiger partial charge < -0.3 is 18.8 Å². The maximum absolute atomic E-state index is 12.2. The molecule has 1 aliphatic rings. The van der Waals surface area contributed by atoms with Crippen molar-refractivity contribution in [2.75, 3.05) is 26.4 Å². The summed E-state index contributed by atoms with van der Waals surface area (Å²) < 4.78 is 57.4. The van der Waals surface area contributed by atoms with E-state index in [0.29, 0.717) is 25.3 Å². The van der Waals surface area contributed by atoms with Crippen LogP contribution in [0, 0.1) is 5.92 Å². The average Bonchev–Trinajstić information content (AvgIpc) is 2.64. The zero-order valence-corrected chi connectivity index (χ0v) is 15.8. The monoisotopic (exact) mass is 388 g/mol. The molecule has 0 radical (unpaired) electrons. The molecule has 1 aliphatic heterocycles. The zero-order chi connectivity index (χ0) is 19.5. The van der Waals surface area contributed by atoms with Crippen molar-refractivity contribution >= 4 is 12.6 Å². The van der Waals surface area contributed by atoms with Crippen molar-refractivity contribution in [2.45, 2.75) is 51.8 Å². The highest BCUT2D eigenvalue weighted by atomic mass is 19.4. The van der Waals surface area contributed by atoms with Crippen molar-refractivity contribution in [3.8, 4) is 5.75 Å². The number of hydrogen-bond acceptors (Lipinski definition) is 4. The van der Waals surface area contributed by atoms with Gasteiger partial charge in [0.05, 0.1) is 6.61 Å². The maximum atomic E-state index is 12.2. The fraction of sp³-hybridized carbons (Fsp3) is 0.684. The fourth-order valence-corrected chi connectivity index (χ4v) is 2.89. The van der Waals surface area contributed by atoms with Gasteiger partial charge in [-0.15, -0.1) is 13.2 Å². The lowest BCUT2D eigenvalue weighted by Crippen LogP contribution is -2.45. The third-order valence-corrected chi connectivity index (χ3v) is 4.35. The van der Waals surface area contributed by atoms with E-state index in [1.54, 1.807) is 0 Å². The van der Waals surface area contributed by atoms with Gasteiger partial charge in [-0.1, -0.05) is 51.2 Å². The van der Waals surface area contributed by atoms with Crippen LogP contribution in [0.4, 0.5) is 13.2 Å². The fourth-order valence-electron chi connectivity index (χ4n) is 2.89. The molecule has 0 unspecified atom stereocenters. The highest BCUT2D eigenvalue weighted by molar-refractivity contribution is 6.61. The summed E-state index contributed by atoms with van der Waals surface area (Å²) in [6.07, 6.45) is 2.71. The third kappa shape index (κ3) is 8.99. The molecule has 8 heteroatoms. The topological polar surface area (TPSA) is 36.9 Å². The number of alkyl halides is 3. The largest absolute Gasteiger partial charge is 0.573 e. The van der Waals surface area contributed by atoms with Gasteiger partial charge in [-0.2, -0.15) is 0 Å². The Morgan fingerprint density at radius 1 is 1.00 bits per heavy atom. The van der Waals surface area contributed by atoms with Gasteiger partial charge in [-0.25, -0.2) is 0 Å². The zero-order valence-electron chi connectivity index (χ0n) is 15.8. The van der Waals surface area contributed by atoms with Crippen LogP contribution in [-0.4, -0.2) is 39.9 Å². The van der Waals surface area contributed by atoms with Gasteiger partial charge in [0.2, 0.25) is 0 Å². The van der Waals surface area contributed by atoms with Crippen LogP contribution < -0.4 is 10.2 Å². The number of unbranched alkanes of at least 4 members (excludes halogenated alkanes) is 5. The summed E-state index contributed by atoms with van der Waals surface area (Å²) in [6.45, 7) is 4.57. The first-order chi connectivity index (χ1) is 13.0. The minimum Gasteiger partial charge on any atom is -0.407 e. The molecule has 27 heavy (non-hydrogen) atoms. The van der Waals surface area contributed by atoms with Crippen molar-refractivity contribution in [1.82, 2.24) is 0 Å². The molecule has 0 bridgehead atoms. The summed E-state index contributed by atoms with van der Waals surface area (Å²) in [5.41, 5.74) is 0.663. The predicted molar refractivity (Wildman–Crippen MR) is 98.1 cm³/mol. The smallest absolute Gasteiger partial charge is 0.407 e. The summed E-state index contributed by atoms with van der Waals surface area (Å²) >= 11 is 0. The highest BCUT2D eigenvalue weighted by Crippen LogP contribution is 2.21. The van der Waals surface area contributed by atoms with Crippen LogP contribution in [0.5, 0.6) is 5.75 Å². The van der Waals surface area contributed by atoms with E-state index >= 15 is 0 Å². The van der Waals surface area contributed by atoms with Gasteiger partial charge in [-0.05, 0) is 24.0 Å². The second-order valence-electron chi connectivity index (χ2n) is 6.82. The Morgan fingerprint density at radius 3 is 2.26 bits per heavy atom. The van der Waals surface area contributed by atoms with Crippen LogP contribution in [0.2, 0.25) is 0 Å². The molecule has 1 saturated heterocycles. The third-order valence-electron chi connectivity index (χ3n) is 4.35. The first kappa shape index (κ1) is 22.0. The van der Waals surface area contributed by atoms with Crippen LogP contribution in [0.15, 0.2) is 24.3 Å².